The lowest BCUT2D eigenvalue weighted by Crippen LogP contribution is -2.39. The third-order valence-corrected chi connectivity index (χ3v) is 2.95. The molecule has 0 N–H and O–H groups in total. The molecule has 0 spiro atoms. The van der Waals surface area contributed by atoms with Crippen LogP contribution in [-0.4, -0.2) is 18.2 Å². The SMILES string of the molecule is CCCB1C=CC=C(CCC)N1CCC. The van der Waals surface area contributed by atoms with Crippen LogP contribution in [0.15, 0.2) is 23.8 Å². The van der Waals surface area contributed by atoms with E-state index >= 15 is 0 Å². The highest BCUT2D eigenvalue weighted by atomic mass is 15.1. The molecular weight excluding hydrogens is 181 g/mol. The molecule has 2 heteroatoms. The Bertz CT molecular complexity index is 233. The molecule has 1 rings (SSSR count). The highest BCUT2D eigenvalue weighted by Crippen LogP contribution is 2.21. The topological polar surface area (TPSA) is 3.24 Å². The molecule has 0 aromatic carbocycles. The van der Waals surface area contributed by atoms with Gasteiger partial charge in [0, 0.05) is 12.2 Å². The minimum atomic E-state index is 0.654. The standard InChI is InChI=1S/C13H24BN/c1-4-8-13-9-7-11-14(10-5-2)15(13)12-6-3/h7,9,11H,4-6,8,10,12H2,1-3H3. The third kappa shape index (κ3) is 3.44. The molecule has 0 bridgehead atoms. The van der Waals surface area contributed by atoms with Gasteiger partial charge in [-0.05, 0) is 25.2 Å². The van der Waals surface area contributed by atoms with E-state index < -0.39 is 0 Å². The smallest absolute Gasteiger partial charge is 0.280 e. The number of allylic oxidation sites excluding steroid dienone is 3. The first-order valence-corrected chi connectivity index (χ1v) is 6.47. The van der Waals surface area contributed by atoms with E-state index in [1.807, 2.05) is 0 Å². The average Bonchev–Trinajstić information content (AvgIpc) is 2.23. The summed E-state index contributed by atoms with van der Waals surface area (Å²) in [6.07, 6.45) is 10.8. The van der Waals surface area contributed by atoms with Crippen molar-refractivity contribution in [3.8, 4) is 0 Å². The summed E-state index contributed by atoms with van der Waals surface area (Å²) >= 11 is 0. The van der Waals surface area contributed by atoms with E-state index in [4.69, 9.17) is 0 Å². The largest absolute Gasteiger partial charge is 0.414 e. The van der Waals surface area contributed by atoms with Crippen molar-refractivity contribution in [2.24, 2.45) is 0 Å². The molecule has 0 aromatic heterocycles. The zero-order valence-electron chi connectivity index (χ0n) is 10.5. The molecule has 0 radical (unpaired) electrons. The Kier molecular flexibility index (Phi) is 5.59. The van der Waals surface area contributed by atoms with E-state index in [2.05, 4.69) is 43.7 Å². The molecule has 0 aliphatic carbocycles. The molecule has 84 valence electrons. The Morgan fingerprint density at radius 3 is 2.53 bits per heavy atom. The van der Waals surface area contributed by atoms with Crippen molar-refractivity contribution in [1.29, 1.82) is 0 Å². The molecule has 0 unspecified atom stereocenters. The van der Waals surface area contributed by atoms with Gasteiger partial charge >= 0.3 is 0 Å². The summed E-state index contributed by atoms with van der Waals surface area (Å²) in [6.45, 7) is 8.67. The lowest BCUT2D eigenvalue weighted by molar-refractivity contribution is 0.495. The maximum absolute atomic E-state index is 2.60. The van der Waals surface area contributed by atoms with Gasteiger partial charge in [0.2, 0.25) is 0 Å². The van der Waals surface area contributed by atoms with Crippen molar-refractivity contribution in [2.45, 2.75) is 52.8 Å². The van der Waals surface area contributed by atoms with Gasteiger partial charge in [-0.1, -0.05) is 45.7 Å². The van der Waals surface area contributed by atoms with Crippen molar-refractivity contribution < 1.29 is 0 Å². The van der Waals surface area contributed by atoms with Crippen LogP contribution in [0.3, 0.4) is 0 Å². The highest BCUT2D eigenvalue weighted by molar-refractivity contribution is 6.62. The monoisotopic (exact) mass is 205 g/mol. The first-order chi connectivity index (χ1) is 7.33. The number of nitrogens with zero attached hydrogens (tertiary/aromatic N) is 1. The van der Waals surface area contributed by atoms with Crippen LogP contribution < -0.4 is 0 Å². The zero-order valence-corrected chi connectivity index (χ0v) is 10.5. The zero-order chi connectivity index (χ0) is 11.1. The van der Waals surface area contributed by atoms with Crippen molar-refractivity contribution in [3.05, 3.63) is 23.8 Å². The summed E-state index contributed by atoms with van der Waals surface area (Å²) in [6, 6.07) is 0. The molecule has 1 aliphatic heterocycles. The van der Waals surface area contributed by atoms with E-state index in [1.54, 1.807) is 5.70 Å². The Balaban J connectivity index is 2.67. The normalized spacial score (nSPS) is 15.8. The van der Waals surface area contributed by atoms with Crippen molar-refractivity contribution in [2.75, 3.05) is 6.54 Å². The molecule has 15 heavy (non-hydrogen) atoms. The molecule has 1 aliphatic rings. The maximum atomic E-state index is 2.60. The van der Waals surface area contributed by atoms with Crippen LogP contribution in [0.4, 0.5) is 0 Å². The minimum Gasteiger partial charge on any atom is -0.414 e. The van der Waals surface area contributed by atoms with Gasteiger partial charge < -0.3 is 4.81 Å². The second-order valence-electron chi connectivity index (χ2n) is 4.34. The van der Waals surface area contributed by atoms with E-state index in [0.29, 0.717) is 6.85 Å². The lowest BCUT2D eigenvalue weighted by atomic mass is 9.55. The summed E-state index contributed by atoms with van der Waals surface area (Å²) in [7, 11) is 0. The van der Waals surface area contributed by atoms with Crippen LogP contribution in [0.2, 0.25) is 6.32 Å². The van der Waals surface area contributed by atoms with Gasteiger partial charge in [0.05, 0.1) is 0 Å². The molecule has 1 nitrogen and oxygen atoms in total. The van der Waals surface area contributed by atoms with Gasteiger partial charge in [-0.25, -0.2) is 0 Å². The fourth-order valence-electron chi connectivity index (χ4n) is 2.29. The lowest BCUT2D eigenvalue weighted by Gasteiger charge is -2.34. The van der Waals surface area contributed by atoms with Gasteiger partial charge in [0.15, 0.2) is 0 Å². The molecule has 0 atom stereocenters. The first kappa shape index (κ1) is 12.4. The van der Waals surface area contributed by atoms with Gasteiger partial charge in [-0.3, -0.25) is 0 Å². The van der Waals surface area contributed by atoms with Crippen LogP contribution in [-0.2, 0) is 0 Å². The van der Waals surface area contributed by atoms with Crippen LogP contribution in [0.5, 0.6) is 0 Å². The number of hydrogen-bond acceptors (Lipinski definition) is 1. The summed E-state index contributed by atoms with van der Waals surface area (Å²) in [4.78, 5) is 2.60. The second kappa shape index (κ2) is 6.76. The van der Waals surface area contributed by atoms with Crippen LogP contribution in [0, 0.1) is 0 Å². The van der Waals surface area contributed by atoms with Gasteiger partial charge in [-0.15, -0.1) is 0 Å². The van der Waals surface area contributed by atoms with Gasteiger partial charge in [0.1, 0.15) is 0 Å². The van der Waals surface area contributed by atoms with E-state index in [1.165, 1.54) is 38.5 Å². The minimum absolute atomic E-state index is 0.654. The second-order valence-corrected chi connectivity index (χ2v) is 4.34. The maximum Gasteiger partial charge on any atom is 0.280 e. The Labute approximate surface area is 95.3 Å². The Hall–Kier alpha value is -0.655. The van der Waals surface area contributed by atoms with Crippen molar-refractivity contribution >= 4 is 6.85 Å². The summed E-state index contributed by atoms with van der Waals surface area (Å²) < 4.78 is 0. The molecule has 0 saturated heterocycles. The number of hydrogen-bond donors (Lipinski definition) is 0. The summed E-state index contributed by atoms with van der Waals surface area (Å²) in [5.41, 5.74) is 1.54. The van der Waals surface area contributed by atoms with Crippen molar-refractivity contribution in [3.63, 3.8) is 0 Å². The van der Waals surface area contributed by atoms with Crippen LogP contribution >= 0.6 is 0 Å². The number of rotatable bonds is 6. The van der Waals surface area contributed by atoms with Crippen molar-refractivity contribution in [1.82, 2.24) is 4.81 Å². The van der Waals surface area contributed by atoms with E-state index in [9.17, 15) is 0 Å². The van der Waals surface area contributed by atoms with Gasteiger partial charge in [-0.2, -0.15) is 0 Å². The molecule has 0 fully saturated rings. The average molecular weight is 205 g/mol. The molecule has 1 heterocycles. The molecule has 0 amide bonds. The first-order valence-electron chi connectivity index (χ1n) is 6.47. The van der Waals surface area contributed by atoms with Crippen LogP contribution in [0.25, 0.3) is 0 Å². The summed E-state index contributed by atoms with van der Waals surface area (Å²) in [5.74, 6) is 2.36. The fraction of sp³-hybridized carbons (Fsp3) is 0.692. The third-order valence-electron chi connectivity index (χ3n) is 2.95. The Morgan fingerprint density at radius 2 is 1.93 bits per heavy atom. The molecule has 0 saturated carbocycles. The van der Waals surface area contributed by atoms with Gasteiger partial charge in [0.25, 0.3) is 6.85 Å². The quantitative estimate of drug-likeness (QED) is 0.594. The van der Waals surface area contributed by atoms with E-state index in [0.717, 1.165) is 0 Å². The summed E-state index contributed by atoms with van der Waals surface area (Å²) in [5, 5.41) is 0. The molecular formula is C13H24BN. The highest BCUT2D eigenvalue weighted by Gasteiger charge is 2.22. The van der Waals surface area contributed by atoms with E-state index in [-0.39, 0.29) is 0 Å². The van der Waals surface area contributed by atoms with Crippen LogP contribution in [0.1, 0.15) is 46.5 Å². The Morgan fingerprint density at radius 1 is 1.13 bits per heavy atom. The fourth-order valence-corrected chi connectivity index (χ4v) is 2.29. The molecule has 0 aromatic rings. The predicted molar refractivity (Wildman–Crippen MR) is 70.0 cm³/mol. The predicted octanol–water partition coefficient (Wildman–Crippen LogP) is 3.89.